The number of aryl methyl sites for hydroxylation is 1. The van der Waals surface area contributed by atoms with Crippen LogP contribution in [0.15, 0.2) is 48.5 Å². The van der Waals surface area contributed by atoms with Gasteiger partial charge in [-0.25, -0.2) is 4.98 Å². The van der Waals surface area contributed by atoms with Gasteiger partial charge >= 0.3 is 0 Å². The van der Waals surface area contributed by atoms with Crippen molar-refractivity contribution in [1.29, 1.82) is 0 Å². The van der Waals surface area contributed by atoms with Gasteiger partial charge in [-0.2, -0.15) is 0 Å². The van der Waals surface area contributed by atoms with Crippen molar-refractivity contribution in [1.82, 2.24) is 9.55 Å². The van der Waals surface area contributed by atoms with E-state index in [2.05, 4.69) is 80.8 Å². The summed E-state index contributed by atoms with van der Waals surface area (Å²) in [4.78, 5) is 5.11. The van der Waals surface area contributed by atoms with Crippen LogP contribution in [-0.2, 0) is 13.0 Å². The molecule has 2 nitrogen and oxygen atoms in total. The van der Waals surface area contributed by atoms with E-state index in [1.54, 1.807) is 0 Å². The number of nitrogens with zero attached hydrogens (tertiary/aromatic N) is 2. The van der Waals surface area contributed by atoms with Gasteiger partial charge in [0.15, 0.2) is 0 Å². The Hall–Kier alpha value is -2.09. The maximum atomic E-state index is 5.11. The normalized spacial score (nSPS) is 12.6. The predicted molar refractivity (Wildman–Crippen MR) is 163 cm³/mol. The van der Waals surface area contributed by atoms with Crippen LogP contribution >= 0.6 is 0 Å². The minimum atomic E-state index is 0.298. The topological polar surface area (TPSA) is 17.8 Å². The second-order valence-electron chi connectivity index (χ2n) is 11.8. The molecule has 0 aliphatic rings. The molecule has 37 heavy (non-hydrogen) atoms. The number of fused-ring (bicyclic) bond motifs is 1. The highest BCUT2D eigenvalue weighted by Crippen LogP contribution is 2.28. The molecule has 2 heteroatoms. The van der Waals surface area contributed by atoms with Gasteiger partial charge < -0.3 is 4.57 Å². The van der Waals surface area contributed by atoms with Gasteiger partial charge in [-0.15, -0.1) is 0 Å². The maximum Gasteiger partial charge on any atom is 0.117 e. The Morgan fingerprint density at radius 1 is 0.649 bits per heavy atom. The molecule has 1 heterocycles. The first kappa shape index (κ1) is 29.5. The Balaban J connectivity index is 1.43. The quantitative estimate of drug-likeness (QED) is 0.149. The van der Waals surface area contributed by atoms with E-state index in [9.17, 15) is 0 Å². The third-order valence-corrected chi connectivity index (χ3v) is 7.93. The number of hydrogen-bond acceptors (Lipinski definition) is 1. The molecule has 0 N–H and O–H groups in total. The van der Waals surface area contributed by atoms with Crippen molar-refractivity contribution in [3.63, 3.8) is 0 Å². The summed E-state index contributed by atoms with van der Waals surface area (Å²) in [5.74, 6) is 2.21. The Morgan fingerprint density at radius 3 is 1.76 bits per heavy atom. The Labute approximate surface area is 228 Å². The van der Waals surface area contributed by atoms with Crippen molar-refractivity contribution < 1.29 is 0 Å². The van der Waals surface area contributed by atoms with Crippen LogP contribution in [0.3, 0.4) is 0 Å². The highest BCUT2D eigenvalue weighted by atomic mass is 15.1. The molecule has 3 aromatic rings. The van der Waals surface area contributed by atoms with Crippen LogP contribution in [0.2, 0.25) is 0 Å². The molecule has 0 fully saturated rings. The van der Waals surface area contributed by atoms with Crippen LogP contribution in [-0.4, -0.2) is 9.55 Å². The molecule has 0 aliphatic carbocycles. The van der Waals surface area contributed by atoms with E-state index in [4.69, 9.17) is 4.98 Å². The summed E-state index contributed by atoms with van der Waals surface area (Å²) in [5.41, 5.74) is 5.22. The van der Waals surface area contributed by atoms with Crippen LogP contribution in [0.5, 0.6) is 0 Å². The number of benzene rings is 2. The molecule has 1 unspecified atom stereocenters. The number of imidazole rings is 1. The Kier molecular flexibility index (Phi) is 13.3. The van der Waals surface area contributed by atoms with Crippen LogP contribution in [0, 0.1) is 5.92 Å². The van der Waals surface area contributed by atoms with E-state index in [0.717, 1.165) is 18.5 Å². The van der Waals surface area contributed by atoms with Crippen molar-refractivity contribution >= 4 is 11.0 Å². The van der Waals surface area contributed by atoms with Crippen molar-refractivity contribution in [2.24, 2.45) is 5.92 Å². The zero-order valence-corrected chi connectivity index (χ0v) is 24.5. The minimum Gasteiger partial charge on any atom is -0.327 e. The molecule has 0 radical (unpaired) electrons. The van der Waals surface area contributed by atoms with E-state index < -0.39 is 0 Å². The minimum absolute atomic E-state index is 0.298. The SMILES string of the molecule is CCCCCCCCCCCCCCCCn1c(C(C)c2ccc(CC(C)C)cc2)nc2ccccc21. The second-order valence-corrected chi connectivity index (χ2v) is 11.8. The van der Waals surface area contributed by atoms with Gasteiger partial charge in [0.2, 0.25) is 0 Å². The van der Waals surface area contributed by atoms with Gasteiger partial charge in [-0.1, -0.05) is 148 Å². The van der Waals surface area contributed by atoms with Gasteiger partial charge in [0.1, 0.15) is 5.82 Å². The van der Waals surface area contributed by atoms with Crippen molar-refractivity contribution in [2.75, 3.05) is 0 Å². The molecule has 0 aliphatic heterocycles. The smallest absolute Gasteiger partial charge is 0.117 e. The molecule has 204 valence electrons. The lowest BCUT2D eigenvalue weighted by Crippen LogP contribution is -2.09. The van der Waals surface area contributed by atoms with Gasteiger partial charge in [-0.05, 0) is 42.0 Å². The first-order valence-corrected chi connectivity index (χ1v) is 15.6. The average Bonchev–Trinajstić information content (AvgIpc) is 3.27. The van der Waals surface area contributed by atoms with Crippen molar-refractivity contribution in [3.05, 3.63) is 65.5 Å². The van der Waals surface area contributed by atoms with E-state index in [1.807, 2.05) is 0 Å². The summed E-state index contributed by atoms with van der Waals surface area (Å²) < 4.78 is 2.50. The third kappa shape index (κ3) is 9.95. The fourth-order valence-electron chi connectivity index (χ4n) is 5.69. The molecule has 1 atom stereocenters. The lowest BCUT2D eigenvalue weighted by Gasteiger charge is -2.16. The second kappa shape index (κ2) is 16.7. The summed E-state index contributed by atoms with van der Waals surface area (Å²) in [5, 5.41) is 0. The molecule has 2 aromatic carbocycles. The van der Waals surface area contributed by atoms with Crippen molar-refractivity contribution in [2.45, 2.75) is 136 Å². The first-order valence-electron chi connectivity index (χ1n) is 15.6. The maximum absolute atomic E-state index is 5.11. The lowest BCUT2D eigenvalue weighted by atomic mass is 9.96. The van der Waals surface area contributed by atoms with Gasteiger partial charge in [0, 0.05) is 12.5 Å². The molecule has 0 amide bonds. The Bertz CT molecular complexity index is 998. The van der Waals surface area contributed by atoms with Crippen LogP contribution in [0.1, 0.15) is 140 Å². The average molecular weight is 503 g/mol. The number of hydrogen-bond donors (Lipinski definition) is 0. The fourth-order valence-corrected chi connectivity index (χ4v) is 5.69. The van der Waals surface area contributed by atoms with Gasteiger partial charge in [-0.3, -0.25) is 0 Å². The Morgan fingerprint density at radius 2 is 1.19 bits per heavy atom. The highest BCUT2D eigenvalue weighted by Gasteiger charge is 2.18. The number of aromatic nitrogens is 2. The third-order valence-electron chi connectivity index (χ3n) is 7.93. The van der Waals surface area contributed by atoms with E-state index >= 15 is 0 Å². The predicted octanol–water partition coefficient (Wildman–Crippen LogP) is 10.9. The van der Waals surface area contributed by atoms with Gasteiger partial charge in [0.05, 0.1) is 11.0 Å². The molecule has 0 bridgehead atoms. The van der Waals surface area contributed by atoms with Crippen LogP contribution in [0.4, 0.5) is 0 Å². The molecule has 1 aromatic heterocycles. The molecule has 0 spiro atoms. The zero-order chi connectivity index (χ0) is 26.3. The monoisotopic (exact) mass is 502 g/mol. The lowest BCUT2D eigenvalue weighted by molar-refractivity contribution is 0.521. The van der Waals surface area contributed by atoms with Gasteiger partial charge in [0.25, 0.3) is 0 Å². The highest BCUT2D eigenvalue weighted by molar-refractivity contribution is 5.76. The molecule has 0 saturated heterocycles. The van der Waals surface area contributed by atoms with Crippen LogP contribution < -0.4 is 0 Å². The summed E-state index contributed by atoms with van der Waals surface area (Å²) in [6, 6.07) is 17.9. The largest absolute Gasteiger partial charge is 0.327 e. The zero-order valence-electron chi connectivity index (χ0n) is 24.5. The summed E-state index contributed by atoms with van der Waals surface area (Å²) in [6.45, 7) is 10.3. The first-order chi connectivity index (χ1) is 18.1. The van der Waals surface area contributed by atoms with Crippen molar-refractivity contribution in [3.8, 4) is 0 Å². The van der Waals surface area contributed by atoms with E-state index in [-0.39, 0.29) is 0 Å². The van der Waals surface area contributed by atoms with E-state index in [1.165, 1.54) is 112 Å². The molecular weight excluding hydrogens is 448 g/mol. The molecular formula is C35H54N2. The summed E-state index contributed by atoms with van der Waals surface area (Å²) in [7, 11) is 0. The number of rotatable bonds is 19. The number of unbranched alkanes of at least 4 members (excludes halogenated alkanes) is 13. The molecule has 0 saturated carbocycles. The summed E-state index contributed by atoms with van der Waals surface area (Å²) >= 11 is 0. The molecule has 3 rings (SSSR count). The standard InChI is InChI=1S/C35H54N2/c1-5-6-7-8-9-10-11-12-13-14-15-16-17-20-27-37-34-22-19-18-21-33(34)36-35(37)30(4)32-25-23-31(24-26-32)28-29(2)3/h18-19,21-26,29-30H,5-17,20,27-28H2,1-4H3. The fraction of sp³-hybridized carbons (Fsp3) is 0.629. The number of para-hydroxylation sites is 2. The van der Waals surface area contributed by atoms with Crippen LogP contribution in [0.25, 0.3) is 11.0 Å². The summed E-state index contributed by atoms with van der Waals surface area (Å²) in [6.07, 6.45) is 20.8. The van der Waals surface area contributed by atoms with E-state index in [0.29, 0.717) is 11.8 Å².